The molecule has 1 aliphatic heterocycles. The third-order valence-corrected chi connectivity index (χ3v) is 3.65. The van der Waals surface area contributed by atoms with Crippen LogP contribution in [0.3, 0.4) is 0 Å². The molecule has 18 heavy (non-hydrogen) atoms. The van der Waals surface area contributed by atoms with Gasteiger partial charge >= 0.3 is 0 Å². The molecule has 3 rings (SSSR count). The second kappa shape index (κ2) is 4.10. The summed E-state index contributed by atoms with van der Waals surface area (Å²) in [5.41, 5.74) is 7.52. The van der Waals surface area contributed by atoms with Crippen LogP contribution in [0.5, 0.6) is 0 Å². The normalized spacial score (nSPS) is 23.8. The van der Waals surface area contributed by atoms with Crippen molar-refractivity contribution in [3.05, 3.63) is 30.0 Å². The van der Waals surface area contributed by atoms with E-state index in [1.807, 2.05) is 23.1 Å². The fraction of sp³-hybridized carbons (Fsp3) is 0.385. The van der Waals surface area contributed by atoms with Gasteiger partial charge in [0.2, 0.25) is 0 Å². The molecule has 1 amide bonds. The zero-order valence-corrected chi connectivity index (χ0v) is 10.3. The van der Waals surface area contributed by atoms with Gasteiger partial charge in [0.25, 0.3) is 5.91 Å². The molecule has 1 aromatic carbocycles. The molecule has 0 aliphatic carbocycles. The Balaban J connectivity index is 1.87. The quantitative estimate of drug-likeness (QED) is 0.785. The summed E-state index contributed by atoms with van der Waals surface area (Å²) in [6.45, 7) is 3.46. The molecule has 0 saturated carbocycles. The van der Waals surface area contributed by atoms with E-state index in [1.54, 1.807) is 6.20 Å². The molecule has 5 heteroatoms. The van der Waals surface area contributed by atoms with Crippen LogP contribution < -0.4 is 5.73 Å². The zero-order chi connectivity index (χ0) is 12.7. The zero-order valence-electron chi connectivity index (χ0n) is 10.3. The van der Waals surface area contributed by atoms with E-state index in [0.29, 0.717) is 18.0 Å². The van der Waals surface area contributed by atoms with Gasteiger partial charge in [0, 0.05) is 30.1 Å². The molecule has 0 spiro atoms. The summed E-state index contributed by atoms with van der Waals surface area (Å²) in [5, 5.41) is 7.84. The third-order valence-electron chi connectivity index (χ3n) is 3.65. The number of hydrogen-bond donors (Lipinski definition) is 2. The van der Waals surface area contributed by atoms with Crippen LogP contribution in [-0.4, -0.2) is 40.1 Å². The second-order valence-electron chi connectivity index (χ2n) is 5.02. The lowest BCUT2D eigenvalue weighted by molar-refractivity contribution is 0.0787. The molecule has 2 unspecified atom stereocenters. The summed E-state index contributed by atoms with van der Waals surface area (Å²) in [6.07, 6.45) is 1.75. The first-order chi connectivity index (χ1) is 8.65. The molecule has 1 saturated heterocycles. The van der Waals surface area contributed by atoms with Crippen molar-refractivity contribution in [2.45, 2.75) is 13.0 Å². The average Bonchev–Trinajstić information content (AvgIpc) is 2.95. The number of likely N-dealkylation sites (tertiary alicyclic amines) is 1. The van der Waals surface area contributed by atoms with E-state index in [9.17, 15) is 4.79 Å². The number of fused-ring (bicyclic) bond motifs is 1. The number of aromatic amines is 1. The first kappa shape index (κ1) is 11.2. The van der Waals surface area contributed by atoms with Gasteiger partial charge in [-0.2, -0.15) is 5.10 Å². The van der Waals surface area contributed by atoms with Crippen LogP contribution >= 0.6 is 0 Å². The minimum Gasteiger partial charge on any atom is -0.337 e. The molecule has 2 heterocycles. The molecule has 0 bridgehead atoms. The van der Waals surface area contributed by atoms with E-state index < -0.39 is 0 Å². The van der Waals surface area contributed by atoms with Gasteiger partial charge < -0.3 is 10.6 Å². The maximum Gasteiger partial charge on any atom is 0.253 e. The number of nitrogens with two attached hydrogens (primary N) is 1. The minimum atomic E-state index is 0.0475. The van der Waals surface area contributed by atoms with E-state index in [4.69, 9.17) is 5.73 Å². The number of nitrogens with one attached hydrogen (secondary N) is 1. The second-order valence-corrected chi connectivity index (χ2v) is 5.02. The SMILES string of the molecule is CC1CN(C(=O)c2ccc3cn[nH]c3c2)CC1N. The van der Waals surface area contributed by atoms with Gasteiger partial charge in [-0.25, -0.2) is 0 Å². The summed E-state index contributed by atoms with van der Waals surface area (Å²) in [6, 6.07) is 5.68. The Morgan fingerprint density at radius 1 is 1.50 bits per heavy atom. The molecule has 1 aliphatic rings. The standard InChI is InChI=1S/C13H16N4O/c1-8-6-17(7-11(8)14)13(18)9-2-3-10-5-15-16-12(10)4-9/h2-5,8,11H,6-7,14H2,1H3,(H,15,16). The van der Waals surface area contributed by atoms with Crippen molar-refractivity contribution in [1.29, 1.82) is 0 Å². The lowest BCUT2D eigenvalue weighted by Crippen LogP contribution is -2.32. The highest BCUT2D eigenvalue weighted by Crippen LogP contribution is 2.19. The maximum absolute atomic E-state index is 12.3. The third kappa shape index (κ3) is 1.76. The summed E-state index contributed by atoms with van der Waals surface area (Å²) >= 11 is 0. The first-order valence-electron chi connectivity index (χ1n) is 6.13. The predicted octanol–water partition coefficient (Wildman–Crippen LogP) is 0.982. The van der Waals surface area contributed by atoms with Gasteiger partial charge in [0.05, 0.1) is 11.7 Å². The van der Waals surface area contributed by atoms with Crippen LogP contribution in [0.2, 0.25) is 0 Å². The fourth-order valence-electron chi connectivity index (χ4n) is 2.41. The highest BCUT2D eigenvalue weighted by molar-refractivity contribution is 5.97. The van der Waals surface area contributed by atoms with Crippen molar-refractivity contribution in [2.24, 2.45) is 11.7 Å². The van der Waals surface area contributed by atoms with Gasteiger partial charge in [0.15, 0.2) is 0 Å². The van der Waals surface area contributed by atoms with E-state index in [0.717, 1.165) is 17.4 Å². The number of carbonyl (C=O) groups excluding carboxylic acids is 1. The smallest absolute Gasteiger partial charge is 0.253 e. The van der Waals surface area contributed by atoms with E-state index in [-0.39, 0.29) is 11.9 Å². The summed E-state index contributed by atoms with van der Waals surface area (Å²) in [5.74, 6) is 0.413. The molecule has 1 fully saturated rings. The monoisotopic (exact) mass is 244 g/mol. The molecule has 2 atom stereocenters. The number of amides is 1. The van der Waals surface area contributed by atoms with Crippen molar-refractivity contribution in [3.8, 4) is 0 Å². The fourth-order valence-corrected chi connectivity index (χ4v) is 2.41. The number of benzene rings is 1. The Kier molecular flexibility index (Phi) is 2.56. The Morgan fingerprint density at radius 3 is 3.06 bits per heavy atom. The molecule has 94 valence electrons. The van der Waals surface area contributed by atoms with Gasteiger partial charge in [-0.05, 0) is 18.1 Å². The van der Waals surface area contributed by atoms with E-state index in [1.165, 1.54) is 0 Å². The molecular formula is C13H16N4O. The molecule has 2 aromatic rings. The Morgan fingerprint density at radius 2 is 2.33 bits per heavy atom. The summed E-state index contributed by atoms with van der Waals surface area (Å²) in [4.78, 5) is 14.2. The lowest BCUT2D eigenvalue weighted by atomic mass is 10.1. The molecular weight excluding hydrogens is 228 g/mol. The van der Waals surface area contributed by atoms with Crippen LogP contribution in [-0.2, 0) is 0 Å². The highest BCUT2D eigenvalue weighted by atomic mass is 16.2. The Bertz CT molecular complexity index is 581. The topological polar surface area (TPSA) is 75.0 Å². The molecule has 5 nitrogen and oxygen atoms in total. The number of carbonyl (C=O) groups is 1. The van der Waals surface area contributed by atoms with Gasteiger partial charge in [-0.3, -0.25) is 9.89 Å². The minimum absolute atomic E-state index is 0.0475. The van der Waals surface area contributed by atoms with Gasteiger partial charge in [-0.1, -0.05) is 13.0 Å². The first-order valence-corrected chi connectivity index (χ1v) is 6.13. The van der Waals surface area contributed by atoms with Gasteiger partial charge in [-0.15, -0.1) is 0 Å². The van der Waals surface area contributed by atoms with Gasteiger partial charge in [0.1, 0.15) is 0 Å². The van der Waals surface area contributed by atoms with E-state index in [2.05, 4.69) is 17.1 Å². The van der Waals surface area contributed by atoms with Crippen molar-refractivity contribution >= 4 is 16.8 Å². The summed E-state index contributed by atoms with van der Waals surface area (Å²) < 4.78 is 0. The van der Waals surface area contributed by atoms with Crippen LogP contribution in [0.1, 0.15) is 17.3 Å². The number of H-pyrrole nitrogens is 1. The van der Waals surface area contributed by atoms with Crippen molar-refractivity contribution in [2.75, 3.05) is 13.1 Å². The number of aromatic nitrogens is 2. The lowest BCUT2D eigenvalue weighted by Gasteiger charge is -2.15. The summed E-state index contributed by atoms with van der Waals surface area (Å²) in [7, 11) is 0. The molecule has 3 N–H and O–H groups in total. The predicted molar refractivity (Wildman–Crippen MR) is 69.1 cm³/mol. The number of hydrogen-bond acceptors (Lipinski definition) is 3. The van der Waals surface area contributed by atoms with Crippen molar-refractivity contribution in [3.63, 3.8) is 0 Å². The Labute approximate surface area is 105 Å². The Hall–Kier alpha value is -1.88. The highest BCUT2D eigenvalue weighted by Gasteiger charge is 2.30. The molecule has 0 radical (unpaired) electrons. The van der Waals surface area contributed by atoms with Crippen LogP contribution in [0.15, 0.2) is 24.4 Å². The maximum atomic E-state index is 12.3. The van der Waals surface area contributed by atoms with Crippen LogP contribution in [0, 0.1) is 5.92 Å². The van der Waals surface area contributed by atoms with E-state index >= 15 is 0 Å². The average molecular weight is 244 g/mol. The van der Waals surface area contributed by atoms with Crippen molar-refractivity contribution < 1.29 is 4.79 Å². The number of nitrogens with zero attached hydrogens (tertiary/aromatic N) is 2. The van der Waals surface area contributed by atoms with Crippen molar-refractivity contribution in [1.82, 2.24) is 15.1 Å². The molecule has 1 aromatic heterocycles. The number of rotatable bonds is 1. The van der Waals surface area contributed by atoms with Crippen LogP contribution in [0.25, 0.3) is 10.9 Å². The van der Waals surface area contributed by atoms with Crippen LogP contribution in [0.4, 0.5) is 0 Å². The largest absolute Gasteiger partial charge is 0.337 e.